The normalized spacial score (nSPS) is 17.9. The van der Waals surface area contributed by atoms with Crippen molar-refractivity contribution in [2.45, 2.75) is 32.7 Å². The molecule has 2 aromatic heterocycles. The van der Waals surface area contributed by atoms with Crippen LogP contribution in [0.4, 0.5) is 0 Å². The van der Waals surface area contributed by atoms with E-state index >= 15 is 0 Å². The number of nitrogens with zero attached hydrogens (tertiary/aromatic N) is 2. The van der Waals surface area contributed by atoms with E-state index in [9.17, 15) is 4.79 Å². The van der Waals surface area contributed by atoms with Crippen LogP contribution in [0.25, 0.3) is 11.7 Å². The lowest BCUT2D eigenvalue weighted by atomic mass is 9.91. The molecule has 4 rings (SSSR count). The van der Waals surface area contributed by atoms with E-state index in [0.717, 1.165) is 28.2 Å². The van der Waals surface area contributed by atoms with Crippen LogP contribution in [-0.2, 0) is 11.3 Å². The number of carbonyl (C=O) groups is 1. The molecule has 4 nitrogen and oxygen atoms in total. The first kappa shape index (κ1) is 15.6. The molecule has 0 radical (unpaired) electrons. The molecule has 0 saturated carbocycles. The number of amides is 1. The van der Waals surface area contributed by atoms with Crippen LogP contribution in [-0.4, -0.2) is 15.3 Å². The highest BCUT2D eigenvalue weighted by molar-refractivity contribution is 5.79. The highest BCUT2D eigenvalue weighted by Gasteiger charge is 2.28. The molecule has 0 aliphatic carbocycles. The Labute approximate surface area is 147 Å². The number of hydrogen-bond donors (Lipinski definition) is 1. The van der Waals surface area contributed by atoms with E-state index in [1.165, 1.54) is 5.57 Å². The maximum absolute atomic E-state index is 12.2. The van der Waals surface area contributed by atoms with Gasteiger partial charge in [-0.15, -0.1) is 0 Å². The van der Waals surface area contributed by atoms with Crippen molar-refractivity contribution in [3.05, 3.63) is 76.7 Å². The SMILES string of the molecule is C/C(=C\c1ccccc1)C1CC(=O)NCc2nc3c(C)cccn3c21. The number of benzene rings is 1. The standard InChI is InChI=1S/C21H21N3O/c1-14-7-6-10-24-20-17(15(2)11-16-8-4-3-5-9-16)12-19(25)22-13-18(20)23-21(14)24/h3-11,17H,12-13H2,1-2H3,(H,22,25)/b15-11+. The van der Waals surface area contributed by atoms with E-state index in [4.69, 9.17) is 4.98 Å². The highest BCUT2D eigenvalue weighted by atomic mass is 16.1. The molecule has 25 heavy (non-hydrogen) atoms. The lowest BCUT2D eigenvalue weighted by Crippen LogP contribution is -2.21. The maximum atomic E-state index is 12.2. The minimum Gasteiger partial charge on any atom is -0.350 e. The van der Waals surface area contributed by atoms with Gasteiger partial charge in [-0.3, -0.25) is 4.79 Å². The first-order valence-corrected chi connectivity index (χ1v) is 8.60. The fourth-order valence-electron chi connectivity index (χ4n) is 3.59. The van der Waals surface area contributed by atoms with E-state index in [0.29, 0.717) is 13.0 Å². The Balaban J connectivity index is 1.87. The third kappa shape index (κ3) is 2.84. The number of hydrogen-bond acceptors (Lipinski definition) is 2. The Kier molecular flexibility index (Phi) is 3.88. The Hall–Kier alpha value is -2.88. The zero-order valence-electron chi connectivity index (χ0n) is 14.5. The molecule has 0 fully saturated rings. The molecule has 1 atom stereocenters. The van der Waals surface area contributed by atoms with E-state index in [1.807, 2.05) is 30.5 Å². The molecule has 1 unspecified atom stereocenters. The smallest absolute Gasteiger partial charge is 0.221 e. The fraction of sp³-hybridized carbons (Fsp3) is 0.238. The Morgan fingerprint density at radius 1 is 1.24 bits per heavy atom. The summed E-state index contributed by atoms with van der Waals surface area (Å²) >= 11 is 0. The van der Waals surface area contributed by atoms with Gasteiger partial charge in [0.2, 0.25) is 5.91 Å². The van der Waals surface area contributed by atoms with Gasteiger partial charge in [-0.1, -0.05) is 48.0 Å². The van der Waals surface area contributed by atoms with Gasteiger partial charge in [0.15, 0.2) is 0 Å². The van der Waals surface area contributed by atoms with Crippen molar-refractivity contribution in [2.24, 2.45) is 0 Å². The van der Waals surface area contributed by atoms with Crippen molar-refractivity contribution in [1.82, 2.24) is 14.7 Å². The molecular formula is C21H21N3O. The minimum atomic E-state index is 0.0227. The number of imidazole rings is 1. The van der Waals surface area contributed by atoms with E-state index in [1.54, 1.807) is 0 Å². The molecule has 1 aliphatic heterocycles. The molecule has 1 aliphatic rings. The summed E-state index contributed by atoms with van der Waals surface area (Å²) in [6, 6.07) is 14.3. The summed E-state index contributed by atoms with van der Waals surface area (Å²) in [5.41, 5.74) is 6.53. The van der Waals surface area contributed by atoms with Crippen LogP contribution in [0.5, 0.6) is 0 Å². The first-order chi connectivity index (χ1) is 12.1. The number of carbonyl (C=O) groups excluding carboxylic acids is 1. The molecule has 0 spiro atoms. The largest absolute Gasteiger partial charge is 0.350 e. The molecule has 1 amide bonds. The Morgan fingerprint density at radius 3 is 2.84 bits per heavy atom. The summed E-state index contributed by atoms with van der Waals surface area (Å²) in [5, 5.41) is 2.99. The van der Waals surface area contributed by atoms with Gasteiger partial charge in [0.1, 0.15) is 5.65 Å². The molecule has 1 aromatic carbocycles. The average molecular weight is 331 g/mol. The average Bonchev–Trinajstić information content (AvgIpc) is 2.90. The zero-order chi connectivity index (χ0) is 17.4. The van der Waals surface area contributed by atoms with Gasteiger partial charge in [-0.2, -0.15) is 0 Å². The third-order valence-electron chi connectivity index (χ3n) is 4.87. The number of fused-ring (bicyclic) bond motifs is 3. The van der Waals surface area contributed by atoms with Crippen LogP contribution in [0.15, 0.2) is 54.2 Å². The van der Waals surface area contributed by atoms with Gasteiger partial charge >= 0.3 is 0 Å². The van der Waals surface area contributed by atoms with E-state index < -0.39 is 0 Å². The number of aryl methyl sites for hydroxylation is 1. The lowest BCUT2D eigenvalue weighted by molar-refractivity contribution is -0.121. The van der Waals surface area contributed by atoms with Crippen molar-refractivity contribution in [1.29, 1.82) is 0 Å². The quantitative estimate of drug-likeness (QED) is 0.775. The number of nitrogens with one attached hydrogen (secondary N) is 1. The molecule has 3 heterocycles. The predicted molar refractivity (Wildman–Crippen MR) is 99.2 cm³/mol. The fourth-order valence-corrected chi connectivity index (χ4v) is 3.59. The van der Waals surface area contributed by atoms with Crippen LogP contribution in [0.2, 0.25) is 0 Å². The van der Waals surface area contributed by atoms with Gasteiger partial charge in [0.05, 0.1) is 17.9 Å². The topological polar surface area (TPSA) is 46.4 Å². The van der Waals surface area contributed by atoms with Crippen LogP contribution >= 0.6 is 0 Å². The number of rotatable bonds is 2. The van der Waals surface area contributed by atoms with Gasteiger partial charge in [0, 0.05) is 18.5 Å². The molecule has 4 heteroatoms. The predicted octanol–water partition coefficient (Wildman–Crippen LogP) is 3.85. The summed E-state index contributed by atoms with van der Waals surface area (Å²) in [6.07, 6.45) is 4.67. The first-order valence-electron chi connectivity index (χ1n) is 8.60. The third-order valence-corrected chi connectivity index (χ3v) is 4.87. The second kappa shape index (κ2) is 6.20. The van der Waals surface area contributed by atoms with Crippen molar-refractivity contribution in [3.8, 4) is 0 Å². The van der Waals surface area contributed by atoms with Crippen LogP contribution in [0.1, 0.15) is 41.8 Å². The molecule has 126 valence electrons. The monoisotopic (exact) mass is 331 g/mol. The van der Waals surface area contributed by atoms with Crippen LogP contribution in [0, 0.1) is 6.92 Å². The summed E-state index contributed by atoms with van der Waals surface area (Å²) in [6.45, 7) is 4.67. The van der Waals surface area contributed by atoms with Gasteiger partial charge < -0.3 is 9.72 Å². The Bertz CT molecular complexity index is 969. The molecule has 1 N–H and O–H groups in total. The summed E-state index contributed by atoms with van der Waals surface area (Å²) in [4.78, 5) is 17.1. The molecule has 3 aromatic rings. The van der Waals surface area contributed by atoms with Crippen molar-refractivity contribution < 1.29 is 4.79 Å². The van der Waals surface area contributed by atoms with Gasteiger partial charge in [-0.25, -0.2) is 4.98 Å². The number of allylic oxidation sites excluding steroid dienone is 1. The van der Waals surface area contributed by atoms with Crippen molar-refractivity contribution in [3.63, 3.8) is 0 Å². The Morgan fingerprint density at radius 2 is 2.04 bits per heavy atom. The van der Waals surface area contributed by atoms with E-state index in [2.05, 4.69) is 47.8 Å². The summed E-state index contributed by atoms with van der Waals surface area (Å²) < 4.78 is 2.15. The minimum absolute atomic E-state index is 0.0227. The van der Waals surface area contributed by atoms with Gasteiger partial charge in [-0.05, 0) is 31.0 Å². The van der Waals surface area contributed by atoms with Crippen molar-refractivity contribution >= 4 is 17.6 Å². The highest BCUT2D eigenvalue weighted by Crippen LogP contribution is 2.34. The molecule has 0 saturated heterocycles. The maximum Gasteiger partial charge on any atom is 0.221 e. The zero-order valence-corrected chi connectivity index (χ0v) is 14.5. The molecule has 0 bridgehead atoms. The second-order valence-electron chi connectivity index (χ2n) is 6.66. The summed E-state index contributed by atoms with van der Waals surface area (Å²) in [5.74, 6) is 0.0970. The lowest BCUT2D eigenvalue weighted by Gasteiger charge is -2.16. The van der Waals surface area contributed by atoms with Gasteiger partial charge in [0.25, 0.3) is 0 Å². The van der Waals surface area contributed by atoms with Crippen LogP contribution < -0.4 is 5.32 Å². The molecular weight excluding hydrogens is 310 g/mol. The number of pyridine rings is 1. The number of aromatic nitrogens is 2. The van der Waals surface area contributed by atoms with Crippen LogP contribution in [0.3, 0.4) is 0 Å². The summed E-state index contributed by atoms with van der Waals surface area (Å²) in [7, 11) is 0. The second-order valence-corrected chi connectivity index (χ2v) is 6.66. The van der Waals surface area contributed by atoms with E-state index in [-0.39, 0.29) is 11.8 Å². The van der Waals surface area contributed by atoms with Crippen molar-refractivity contribution in [2.75, 3.05) is 0 Å².